The predicted molar refractivity (Wildman–Crippen MR) is 55.1 cm³/mol. The number of nitrogens with zero attached hydrogens (tertiary/aromatic N) is 2. The molecule has 0 radical (unpaired) electrons. The molecule has 4 nitrogen and oxygen atoms in total. The Morgan fingerprint density at radius 1 is 1.53 bits per heavy atom. The maximum absolute atomic E-state index is 8.56. The first kappa shape index (κ1) is 10.9. The normalized spacial score (nSPS) is 36.9. The van der Waals surface area contributed by atoms with Gasteiger partial charge in [0.25, 0.3) is 0 Å². The Bertz CT molecular complexity index is 251. The lowest BCUT2D eigenvalue weighted by molar-refractivity contribution is -0.0924. The Kier molecular flexibility index (Phi) is 3.57. The van der Waals surface area contributed by atoms with Crippen molar-refractivity contribution in [3.8, 4) is 6.07 Å². The van der Waals surface area contributed by atoms with Crippen LogP contribution >= 0.6 is 0 Å². The molecule has 0 aliphatic carbocycles. The van der Waals surface area contributed by atoms with Crippen LogP contribution in [0.25, 0.3) is 0 Å². The second-order valence-corrected chi connectivity index (χ2v) is 4.26. The van der Waals surface area contributed by atoms with Crippen molar-refractivity contribution in [3.63, 3.8) is 0 Å². The maximum Gasteiger partial charge on any atom is 0.162 e. The molecule has 15 heavy (non-hydrogen) atoms. The molecule has 0 aromatic heterocycles. The van der Waals surface area contributed by atoms with E-state index < -0.39 is 0 Å². The quantitative estimate of drug-likeness (QED) is 0.696. The van der Waals surface area contributed by atoms with Crippen molar-refractivity contribution < 1.29 is 9.47 Å². The zero-order chi connectivity index (χ0) is 10.7. The molecule has 0 bridgehead atoms. The monoisotopic (exact) mass is 210 g/mol. The highest BCUT2D eigenvalue weighted by Crippen LogP contribution is 2.27. The van der Waals surface area contributed by atoms with E-state index in [2.05, 4.69) is 17.9 Å². The minimum atomic E-state index is -0.0695. The first-order chi connectivity index (χ1) is 7.33. The molecule has 2 aliphatic heterocycles. The van der Waals surface area contributed by atoms with Crippen LogP contribution in [-0.2, 0) is 9.47 Å². The summed E-state index contributed by atoms with van der Waals surface area (Å²) < 4.78 is 11.3. The second-order valence-electron chi connectivity index (χ2n) is 4.26. The fourth-order valence-corrected chi connectivity index (χ4v) is 2.30. The smallest absolute Gasteiger partial charge is 0.162 e. The van der Waals surface area contributed by atoms with Crippen molar-refractivity contribution in [2.75, 3.05) is 26.2 Å². The van der Waals surface area contributed by atoms with Crippen LogP contribution in [0.4, 0.5) is 0 Å². The summed E-state index contributed by atoms with van der Waals surface area (Å²) in [7, 11) is 0. The summed E-state index contributed by atoms with van der Waals surface area (Å²) in [4.78, 5) is 2.41. The molecule has 2 saturated heterocycles. The first-order valence-corrected chi connectivity index (χ1v) is 5.70. The van der Waals surface area contributed by atoms with Crippen LogP contribution in [0.3, 0.4) is 0 Å². The van der Waals surface area contributed by atoms with Crippen LogP contribution in [0.2, 0.25) is 0 Å². The molecular weight excluding hydrogens is 192 g/mol. The topological polar surface area (TPSA) is 45.5 Å². The lowest BCUT2D eigenvalue weighted by Gasteiger charge is -2.18. The van der Waals surface area contributed by atoms with Gasteiger partial charge in [-0.3, -0.25) is 0 Å². The van der Waals surface area contributed by atoms with Crippen molar-refractivity contribution in [2.24, 2.45) is 5.92 Å². The van der Waals surface area contributed by atoms with Crippen LogP contribution in [0.1, 0.15) is 19.8 Å². The van der Waals surface area contributed by atoms with Gasteiger partial charge in [-0.25, -0.2) is 0 Å². The van der Waals surface area contributed by atoms with E-state index in [1.807, 2.05) is 0 Å². The Morgan fingerprint density at radius 2 is 2.40 bits per heavy atom. The van der Waals surface area contributed by atoms with E-state index in [4.69, 9.17) is 14.7 Å². The van der Waals surface area contributed by atoms with Crippen LogP contribution < -0.4 is 0 Å². The third-order valence-corrected chi connectivity index (χ3v) is 3.23. The van der Waals surface area contributed by atoms with Crippen LogP contribution in [0.5, 0.6) is 0 Å². The van der Waals surface area contributed by atoms with E-state index in [0.29, 0.717) is 18.9 Å². The summed E-state index contributed by atoms with van der Waals surface area (Å²) in [6, 6.07) is 2.13. The van der Waals surface area contributed by atoms with E-state index >= 15 is 0 Å². The van der Waals surface area contributed by atoms with Gasteiger partial charge in [0.15, 0.2) is 6.29 Å². The van der Waals surface area contributed by atoms with Gasteiger partial charge in [0.05, 0.1) is 25.2 Å². The summed E-state index contributed by atoms with van der Waals surface area (Å²) in [5.41, 5.74) is 0. The Labute approximate surface area is 90.8 Å². The number of rotatable bonds is 3. The van der Waals surface area contributed by atoms with Crippen LogP contribution in [-0.4, -0.2) is 43.5 Å². The van der Waals surface area contributed by atoms with Gasteiger partial charge >= 0.3 is 0 Å². The van der Waals surface area contributed by atoms with Gasteiger partial charge < -0.3 is 14.4 Å². The number of hydrogen-bond donors (Lipinski definition) is 0. The molecule has 3 unspecified atom stereocenters. The largest absolute Gasteiger partial charge is 0.350 e. The molecule has 0 aromatic carbocycles. The third kappa shape index (κ3) is 2.49. The molecule has 2 rings (SSSR count). The summed E-state index contributed by atoms with van der Waals surface area (Å²) >= 11 is 0. The van der Waals surface area contributed by atoms with E-state index in [1.54, 1.807) is 0 Å². The lowest BCUT2D eigenvalue weighted by atomic mass is 10.1. The molecular formula is C11H18N2O2. The molecule has 0 spiro atoms. The number of ether oxygens (including phenoxy) is 2. The summed E-state index contributed by atoms with van der Waals surface area (Å²) in [6.07, 6.45) is 1.52. The Morgan fingerprint density at radius 3 is 3.07 bits per heavy atom. The van der Waals surface area contributed by atoms with Crippen LogP contribution in [0, 0.1) is 17.2 Å². The molecule has 4 heteroatoms. The summed E-state index contributed by atoms with van der Waals surface area (Å²) in [5, 5.41) is 8.56. The van der Waals surface area contributed by atoms with E-state index in [0.717, 1.165) is 26.1 Å². The van der Waals surface area contributed by atoms with Gasteiger partial charge in [-0.15, -0.1) is 0 Å². The number of likely N-dealkylation sites (tertiary alicyclic amines) is 1. The second kappa shape index (κ2) is 4.93. The fourth-order valence-electron chi connectivity index (χ4n) is 2.30. The number of hydrogen-bond acceptors (Lipinski definition) is 4. The SMILES string of the molecule is CCN1CCC(C2OCC(CC#N)O2)C1. The minimum Gasteiger partial charge on any atom is -0.350 e. The zero-order valence-electron chi connectivity index (χ0n) is 9.19. The third-order valence-electron chi connectivity index (χ3n) is 3.23. The molecule has 84 valence electrons. The van der Waals surface area contributed by atoms with Gasteiger partial charge in [-0.1, -0.05) is 6.92 Å². The van der Waals surface area contributed by atoms with Crippen molar-refractivity contribution in [2.45, 2.75) is 32.2 Å². The molecule has 0 N–H and O–H groups in total. The molecule has 2 fully saturated rings. The van der Waals surface area contributed by atoms with Crippen molar-refractivity contribution in [1.29, 1.82) is 5.26 Å². The first-order valence-electron chi connectivity index (χ1n) is 5.70. The van der Waals surface area contributed by atoms with Gasteiger partial charge in [0, 0.05) is 12.5 Å². The molecule has 3 atom stereocenters. The lowest BCUT2D eigenvalue weighted by Crippen LogP contribution is -2.26. The van der Waals surface area contributed by atoms with Crippen molar-refractivity contribution in [3.05, 3.63) is 0 Å². The Balaban J connectivity index is 1.79. The average molecular weight is 210 g/mol. The highest BCUT2D eigenvalue weighted by Gasteiger charge is 2.35. The fraction of sp³-hybridized carbons (Fsp3) is 0.909. The molecule has 2 heterocycles. The van der Waals surface area contributed by atoms with E-state index in [-0.39, 0.29) is 12.4 Å². The summed E-state index contributed by atoms with van der Waals surface area (Å²) in [5.74, 6) is 0.494. The summed E-state index contributed by atoms with van der Waals surface area (Å²) in [6.45, 7) is 6.08. The molecule has 0 amide bonds. The zero-order valence-corrected chi connectivity index (χ0v) is 9.19. The standard InChI is InChI=1S/C11H18N2O2/c1-2-13-6-4-9(7-13)11-14-8-10(15-11)3-5-12/h9-11H,2-4,6-8H2,1H3. The van der Waals surface area contributed by atoms with Gasteiger partial charge in [-0.05, 0) is 19.5 Å². The number of nitriles is 1. The van der Waals surface area contributed by atoms with Gasteiger partial charge in [0.1, 0.15) is 0 Å². The molecule has 0 saturated carbocycles. The van der Waals surface area contributed by atoms with Gasteiger partial charge in [0.2, 0.25) is 0 Å². The van der Waals surface area contributed by atoms with Crippen molar-refractivity contribution in [1.82, 2.24) is 4.90 Å². The van der Waals surface area contributed by atoms with Gasteiger partial charge in [-0.2, -0.15) is 5.26 Å². The predicted octanol–water partition coefficient (Wildman–Crippen LogP) is 0.983. The average Bonchev–Trinajstić information content (AvgIpc) is 2.85. The van der Waals surface area contributed by atoms with E-state index in [9.17, 15) is 0 Å². The highest BCUT2D eigenvalue weighted by molar-refractivity contribution is 4.84. The minimum absolute atomic E-state index is 0.00400. The Hall–Kier alpha value is -0.630. The molecule has 0 aromatic rings. The molecule has 2 aliphatic rings. The van der Waals surface area contributed by atoms with Crippen LogP contribution in [0.15, 0.2) is 0 Å². The highest BCUT2D eigenvalue weighted by atomic mass is 16.7. The van der Waals surface area contributed by atoms with Crippen molar-refractivity contribution >= 4 is 0 Å². The van der Waals surface area contributed by atoms with E-state index in [1.165, 1.54) is 0 Å². The maximum atomic E-state index is 8.56.